The maximum Gasteiger partial charge on any atom is 0.311 e. The Hall–Kier alpha value is -1.35. The Bertz CT molecular complexity index is 420. The van der Waals surface area contributed by atoms with Gasteiger partial charge in [-0.15, -0.1) is 0 Å². The summed E-state index contributed by atoms with van der Waals surface area (Å²) < 4.78 is 10.9. The first-order valence-electron chi connectivity index (χ1n) is 6.55. The molecule has 0 aromatic heterocycles. The molecule has 0 aliphatic carbocycles. The van der Waals surface area contributed by atoms with Crippen LogP contribution in [0.25, 0.3) is 0 Å². The average Bonchev–Trinajstić information content (AvgIpc) is 2.86. The first kappa shape index (κ1) is 13.1. The third-order valence-corrected chi connectivity index (χ3v) is 3.47. The fraction of sp³-hybridized carbons (Fsp3) is 0.533. The van der Waals surface area contributed by atoms with E-state index in [1.807, 2.05) is 32.0 Å². The number of aryl methyl sites for hydroxylation is 1. The molecule has 1 atom stereocenters. The quantitative estimate of drug-likeness (QED) is 0.606. The molecule has 2 rings (SSSR count). The van der Waals surface area contributed by atoms with Crippen LogP contribution in [0, 0.1) is 13.8 Å². The summed E-state index contributed by atoms with van der Waals surface area (Å²) in [7, 11) is 0. The van der Waals surface area contributed by atoms with Crippen LogP contribution in [0.2, 0.25) is 0 Å². The zero-order valence-electron chi connectivity index (χ0n) is 11.1. The molecule has 0 radical (unpaired) electrons. The third kappa shape index (κ3) is 3.33. The monoisotopic (exact) mass is 248 g/mol. The number of carbonyl (C=O) groups is 1. The number of rotatable bonds is 4. The van der Waals surface area contributed by atoms with Gasteiger partial charge in [-0.1, -0.05) is 12.1 Å². The average molecular weight is 248 g/mol. The number of hydrogen-bond acceptors (Lipinski definition) is 3. The minimum absolute atomic E-state index is 0.167. The molecule has 1 aromatic carbocycles. The molecule has 98 valence electrons. The molecule has 0 bridgehead atoms. The lowest BCUT2D eigenvalue weighted by molar-refractivity contribution is -0.135. The predicted octanol–water partition coefficient (Wildman–Crippen LogP) is 3.17. The topological polar surface area (TPSA) is 35.5 Å². The molecule has 0 amide bonds. The van der Waals surface area contributed by atoms with E-state index in [0.29, 0.717) is 12.2 Å². The summed E-state index contributed by atoms with van der Waals surface area (Å²) in [5, 5.41) is 0. The second kappa shape index (κ2) is 6.01. The Morgan fingerprint density at radius 1 is 1.44 bits per heavy atom. The van der Waals surface area contributed by atoms with Gasteiger partial charge in [0.15, 0.2) is 0 Å². The highest BCUT2D eigenvalue weighted by Crippen LogP contribution is 2.22. The van der Waals surface area contributed by atoms with Gasteiger partial charge < -0.3 is 9.47 Å². The molecule has 18 heavy (non-hydrogen) atoms. The van der Waals surface area contributed by atoms with Gasteiger partial charge in [0.1, 0.15) is 5.75 Å². The van der Waals surface area contributed by atoms with E-state index in [1.165, 1.54) is 0 Å². The number of ether oxygens (including phenoxy) is 2. The molecule has 1 aliphatic rings. The zero-order chi connectivity index (χ0) is 13.0. The van der Waals surface area contributed by atoms with E-state index in [2.05, 4.69) is 0 Å². The number of hydrogen-bond donors (Lipinski definition) is 0. The van der Waals surface area contributed by atoms with Gasteiger partial charge in [0.05, 0.1) is 6.10 Å². The first-order chi connectivity index (χ1) is 8.66. The van der Waals surface area contributed by atoms with Gasteiger partial charge in [-0.3, -0.25) is 4.79 Å². The van der Waals surface area contributed by atoms with Crippen molar-refractivity contribution in [1.82, 2.24) is 0 Å². The van der Waals surface area contributed by atoms with Gasteiger partial charge in [-0.2, -0.15) is 0 Å². The van der Waals surface area contributed by atoms with Gasteiger partial charge in [0, 0.05) is 13.0 Å². The van der Waals surface area contributed by atoms with Crippen molar-refractivity contribution in [3.05, 3.63) is 29.3 Å². The van der Waals surface area contributed by atoms with Crippen molar-refractivity contribution in [2.24, 2.45) is 0 Å². The molecule has 1 aromatic rings. The molecule has 3 heteroatoms. The molecular weight excluding hydrogens is 228 g/mol. The summed E-state index contributed by atoms with van der Waals surface area (Å²) in [6.45, 7) is 4.81. The molecule has 1 heterocycles. The van der Waals surface area contributed by atoms with Crippen LogP contribution in [0.1, 0.15) is 36.8 Å². The SMILES string of the molecule is Cc1cccc(OC(=O)CCC2CCCO2)c1C. The summed E-state index contributed by atoms with van der Waals surface area (Å²) in [5.41, 5.74) is 2.17. The van der Waals surface area contributed by atoms with Crippen molar-refractivity contribution in [1.29, 1.82) is 0 Å². The highest BCUT2D eigenvalue weighted by atomic mass is 16.5. The number of esters is 1. The van der Waals surface area contributed by atoms with Gasteiger partial charge >= 0.3 is 5.97 Å². The van der Waals surface area contributed by atoms with Crippen molar-refractivity contribution >= 4 is 5.97 Å². The minimum atomic E-state index is -0.167. The molecular formula is C15H20O3. The standard InChI is InChI=1S/C15H20O3/c1-11-5-3-7-14(12(11)2)18-15(16)9-8-13-6-4-10-17-13/h3,5,7,13H,4,6,8-10H2,1-2H3. The molecule has 0 N–H and O–H groups in total. The van der Waals surface area contributed by atoms with Crippen LogP contribution in [0.3, 0.4) is 0 Å². The molecule has 1 fully saturated rings. The maximum absolute atomic E-state index is 11.8. The van der Waals surface area contributed by atoms with Crippen molar-refractivity contribution in [2.45, 2.75) is 45.6 Å². The minimum Gasteiger partial charge on any atom is -0.426 e. The van der Waals surface area contributed by atoms with Crippen LogP contribution in [0.4, 0.5) is 0 Å². The highest BCUT2D eigenvalue weighted by molar-refractivity contribution is 5.72. The van der Waals surface area contributed by atoms with E-state index in [0.717, 1.165) is 37.0 Å². The molecule has 1 aliphatic heterocycles. The maximum atomic E-state index is 11.8. The third-order valence-electron chi connectivity index (χ3n) is 3.47. The van der Waals surface area contributed by atoms with E-state index < -0.39 is 0 Å². The van der Waals surface area contributed by atoms with E-state index in [-0.39, 0.29) is 12.1 Å². The Kier molecular flexibility index (Phi) is 4.37. The van der Waals surface area contributed by atoms with Crippen LogP contribution in [0.15, 0.2) is 18.2 Å². The van der Waals surface area contributed by atoms with Crippen molar-refractivity contribution in [2.75, 3.05) is 6.61 Å². The van der Waals surface area contributed by atoms with Gasteiger partial charge in [-0.05, 0) is 50.3 Å². The van der Waals surface area contributed by atoms with Crippen molar-refractivity contribution in [3.8, 4) is 5.75 Å². The largest absolute Gasteiger partial charge is 0.426 e. The Morgan fingerprint density at radius 2 is 2.28 bits per heavy atom. The van der Waals surface area contributed by atoms with Crippen LogP contribution in [-0.4, -0.2) is 18.7 Å². The van der Waals surface area contributed by atoms with Gasteiger partial charge in [-0.25, -0.2) is 0 Å². The normalized spacial score (nSPS) is 18.9. The summed E-state index contributed by atoms with van der Waals surface area (Å²) in [6, 6.07) is 5.76. The van der Waals surface area contributed by atoms with E-state index in [9.17, 15) is 4.79 Å². The van der Waals surface area contributed by atoms with Gasteiger partial charge in [0.2, 0.25) is 0 Å². The fourth-order valence-corrected chi connectivity index (χ4v) is 2.16. The summed E-state index contributed by atoms with van der Waals surface area (Å²) in [4.78, 5) is 11.8. The molecule has 3 nitrogen and oxygen atoms in total. The van der Waals surface area contributed by atoms with Gasteiger partial charge in [0.25, 0.3) is 0 Å². The number of carbonyl (C=O) groups excluding carboxylic acids is 1. The molecule has 0 spiro atoms. The Morgan fingerprint density at radius 3 is 3.00 bits per heavy atom. The van der Waals surface area contributed by atoms with E-state index >= 15 is 0 Å². The molecule has 0 saturated carbocycles. The molecule has 1 saturated heterocycles. The molecule has 1 unspecified atom stereocenters. The second-order valence-electron chi connectivity index (χ2n) is 4.85. The Balaban J connectivity index is 1.84. The smallest absolute Gasteiger partial charge is 0.311 e. The van der Waals surface area contributed by atoms with Crippen molar-refractivity contribution in [3.63, 3.8) is 0 Å². The summed E-state index contributed by atoms with van der Waals surface area (Å²) >= 11 is 0. The number of benzene rings is 1. The second-order valence-corrected chi connectivity index (χ2v) is 4.85. The lowest BCUT2D eigenvalue weighted by atomic mass is 10.1. The van der Waals surface area contributed by atoms with Crippen LogP contribution in [-0.2, 0) is 9.53 Å². The van der Waals surface area contributed by atoms with Crippen LogP contribution >= 0.6 is 0 Å². The van der Waals surface area contributed by atoms with Crippen LogP contribution in [0.5, 0.6) is 5.75 Å². The lowest BCUT2D eigenvalue weighted by Gasteiger charge is -2.11. The van der Waals surface area contributed by atoms with E-state index in [4.69, 9.17) is 9.47 Å². The highest BCUT2D eigenvalue weighted by Gasteiger charge is 2.17. The predicted molar refractivity (Wildman–Crippen MR) is 69.8 cm³/mol. The van der Waals surface area contributed by atoms with E-state index in [1.54, 1.807) is 0 Å². The summed E-state index contributed by atoms with van der Waals surface area (Å²) in [5.74, 6) is 0.506. The van der Waals surface area contributed by atoms with Crippen LogP contribution < -0.4 is 4.74 Å². The van der Waals surface area contributed by atoms with Crippen molar-refractivity contribution < 1.29 is 14.3 Å². The Labute approximate surface area is 108 Å². The zero-order valence-corrected chi connectivity index (χ0v) is 11.1. The first-order valence-corrected chi connectivity index (χ1v) is 6.55. The fourth-order valence-electron chi connectivity index (χ4n) is 2.16. The summed E-state index contributed by atoms with van der Waals surface area (Å²) in [6.07, 6.45) is 3.62. The lowest BCUT2D eigenvalue weighted by Crippen LogP contribution is -2.13.